The maximum absolute atomic E-state index is 14.5. The van der Waals surface area contributed by atoms with Gasteiger partial charge in [0.1, 0.15) is 5.75 Å². The maximum atomic E-state index is 14.5. The summed E-state index contributed by atoms with van der Waals surface area (Å²) in [6, 6.07) is 15.3. The fourth-order valence-electron chi connectivity index (χ4n) is 3.28. The lowest BCUT2D eigenvalue weighted by atomic mass is 10.0. The fourth-order valence-corrected chi connectivity index (χ4v) is 3.28. The zero-order valence-corrected chi connectivity index (χ0v) is 17.8. The van der Waals surface area contributed by atoms with Crippen LogP contribution in [0.5, 0.6) is 11.5 Å². The van der Waals surface area contributed by atoms with Gasteiger partial charge < -0.3 is 9.47 Å². The Hall–Kier alpha value is -3.16. The normalized spacial score (nSPS) is 12.0. The topological polar surface area (TPSA) is 18.5 Å². The van der Waals surface area contributed by atoms with Crippen molar-refractivity contribution in [3.05, 3.63) is 94.8 Å². The summed E-state index contributed by atoms with van der Waals surface area (Å²) < 4.78 is 87.9. The molecule has 0 atom stereocenters. The number of halogens is 6. The molecule has 0 unspecified atom stereocenters. The minimum Gasteiger partial charge on any atom is -0.429 e. The van der Waals surface area contributed by atoms with Crippen LogP contribution in [0.1, 0.15) is 35.6 Å². The number of rotatable bonds is 9. The Labute approximate surface area is 187 Å². The lowest BCUT2D eigenvalue weighted by Gasteiger charge is -2.19. The van der Waals surface area contributed by atoms with Crippen molar-refractivity contribution >= 4 is 0 Å². The molecule has 0 spiro atoms. The Balaban J connectivity index is 1.58. The molecule has 8 heteroatoms. The summed E-state index contributed by atoms with van der Waals surface area (Å²) in [5, 5.41) is 0. The number of hydrogen-bond acceptors (Lipinski definition) is 2. The standard InChI is InChI=1S/C25H22F6O2/c1-2-3-17-6-11-20(12-7-17)24(27,28)32-21-13-8-18(9-14-21)4-5-19-10-15-23(22(26)16-19)33-25(29,30)31/h6-16H,2-5H2,1H3. The van der Waals surface area contributed by atoms with Crippen molar-refractivity contribution in [3.63, 3.8) is 0 Å². The van der Waals surface area contributed by atoms with E-state index < -0.39 is 24.0 Å². The lowest BCUT2D eigenvalue weighted by molar-refractivity contribution is -0.275. The first kappa shape index (κ1) is 24.5. The molecule has 2 nitrogen and oxygen atoms in total. The monoisotopic (exact) mass is 468 g/mol. The first-order valence-electron chi connectivity index (χ1n) is 10.3. The Morgan fingerprint density at radius 1 is 0.667 bits per heavy atom. The van der Waals surface area contributed by atoms with Gasteiger partial charge in [0.15, 0.2) is 11.6 Å². The Bertz CT molecular complexity index is 1040. The molecule has 3 rings (SSSR count). The Kier molecular flexibility index (Phi) is 7.56. The largest absolute Gasteiger partial charge is 0.573 e. The second-order valence-corrected chi connectivity index (χ2v) is 7.52. The number of aryl methyl sites for hydroxylation is 3. The maximum Gasteiger partial charge on any atom is 0.573 e. The molecule has 0 saturated heterocycles. The third-order valence-corrected chi connectivity index (χ3v) is 4.92. The third-order valence-electron chi connectivity index (χ3n) is 4.92. The molecular weight excluding hydrogens is 446 g/mol. The smallest absolute Gasteiger partial charge is 0.429 e. The second-order valence-electron chi connectivity index (χ2n) is 7.52. The number of benzene rings is 3. The van der Waals surface area contributed by atoms with Crippen LogP contribution < -0.4 is 9.47 Å². The predicted molar refractivity (Wildman–Crippen MR) is 112 cm³/mol. The van der Waals surface area contributed by atoms with E-state index >= 15 is 0 Å². The molecular formula is C25H22F6O2. The van der Waals surface area contributed by atoms with Gasteiger partial charge in [-0.2, -0.15) is 8.78 Å². The summed E-state index contributed by atoms with van der Waals surface area (Å²) in [4.78, 5) is 0. The minimum absolute atomic E-state index is 0.0129. The second kappa shape index (κ2) is 10.2. The van der Waals surface area contributed by atoms with E-state index in [0.717, 1.165) is 36.1 Å². The summed E-state index contributed by atoms with van der Waals surface area (Å²) in [5.41, 5.74) is 1.97. The van der Waals surface area contributed by atoms with Crippen LogP contribution in [0.2, 0.25) is 0 Å². The van der Waals surface area contributed by atoms with Crippen molar-refractivity contribution in [3.8, 4) is 11.5 Å². The van der Waals surface area contributed by atoms with Crippen LogP contribution in [0.15, 0.2) is 66.7 Å². The van der Waals surface area contributed by atoms with Crippen LogP contribution >= 0.6 is 0 Å². The first-order valence-corrected chi connectivity index (χ1v) is 10.3. The van der Waals surface area contributed by atoms with Gasteiger partial charge in [0.25, 0.3) is 0 Å². The Morgan fingerprint density at radius 2 is 1.21 bits per heavy atom. The molecule has 0 aliphatic heterocycles. The number of ether oxygens (including phenoxy) is 2. The SMILES string of the molecule is CCCc1ccc(C(F)(F)Oc2ccc(CCc3ccc(OC(F)(F)F)c(F)c3)cc2)cc1. The van der Waals surface area contributed by atoms with Crippen molar-refractivity contribution < 1.29 is 35.8 Å². The van der Waals surface area contributed by atoms with Crippen LogP contribution in [0.3, 0.4) is 0 Å². The summed E-state index contributed by atoms with van der Waals surface area (Å²) >= 11 is 0. The van der Waals surface area contributed by atoms with Crippen LogP contribution in [0.4, 0.5) is 26.3 Å². The predicted octanol–water partition coefficient (Wildman–Crippen LogP) is 7.59. The first-order chi connectivity index (χ1) is 15.6. The van der Waals surface area contributed by atoms with Gasteiger partial charge in [-0.15, -0.1) is 13.2 Å². The molecule has 0 heterocycles. The van der Waals surface area contributed by atoms with Gasteiger partial charge in [-0.05, 0) is 72.4 Å². The number of alkyl halides is 5. The van der Waals surface area contributed by atoms with E-state index in [0.29, 0.717) is 18.4 Å². The molecule has 0 aliphatic rings. The quantitative estimate of drug-likeness (QED) is 0.301. The van der Waals surface area contributed by atoms with E-state index in [2.05, 4.69) is 4.74 Å². The van der Waals surface area contributed by atoms with Gasteiger partial charge in [0.05, 0.1) is 5.56 Å². The molecule has 0 fully saturated rings. The molecule has 0 amide bonds. The van der Waals surface area contributed by atoms with Gasteiger partial charge >= 0.3 is 12.5 Å². The highest BCUT2D eigenvalue weighted by Crippen LogP contribution is 2.32. The third kappa shape index (κ3) is 7.17. The molecule has 0 aliphatic carbocycles. The lowest BCUT2D eigenvalue weighted by Crippen LogP contribution is -2.21. The van der Waals surface area contributed by atoms with Crippen molar-refractivity contribution in [1.82, 2.24) is 0 Å². The van der Waals surface area contributed by atoms with Crippen LogP contribution in [0.25, 0.3) is 0 Å². The molecule has 3 aromatic carbocycles. The fraction of sp³-hybridized carbons (Fsp3) is 0.280. The number of hydrogen-bond donors (Lipinski definition) is 0. The van der Waals surface area contributed by atoms with E-state index in [-0.39, 0.29) is 11.3 Å². The van der Waals surface area contributed by atoms with Gasteiger partial charge in [-0.1, -0.05) is 43.7 Å². The average molecular weight is 468 g/mol. The molecule has 0 saturated carbocycles. The zero-order chi connectivity index (χ0) is 24.1. The van der Waals surface area contributed by atoms with Gasteiger partial charge in [0.2, 0.25) is 0 Å². The van der Waals surface area contributed by atoms with E-state index in [1.165, 1.54) is 30.3 Å². The van der Waals surface area contributed by atoms with E-state index in [1.807, 2.05) is 6.92 Å². The minimum atomic E-state index is -4.97. The van der Waals surface area contributed by atoms with E-state index in [4.69, 9.17) is 4.74 Å². The molecule has 0 aromatic heterocycles. The van der Waals surface area contributed by atoms with Crippen molar-refractivity contribution in [2.24, 2.45) is 0 Å². The van der Waals surface area contributed by atoms with Gasteiger partial charge in [-0.25, -0.2) is 4.39 Å². The van der Waals surface area contributed by atoms with E-state index in [1.54, 1.807) is 24.3 Å². The van der Waals surface area contributed by atoms with Crippen molar-refractivity contribution in [1.29, 1.82) is 0 Å². The molecule has 176 valence electrons. The van der Waals surface area contributed by atoms with Crippen LogP contribution in [-0.4, -0.2) is 6.36 Å². The Morgan fingerprint density at radius 3 is 1.79 bits per heavy atom. The van der Waals surface area contributed by atoms with Crippen LogP contribution in [-0.2, 0) is 25.4 Å². The molecule has 0 radical (unpaired) electrons. The highest BCUT2D eigenvalue weighted by atomic mass is 19.4. The van der Waals surface area contributed by atoms with Gasteiger partial charge in [0, 0.05) is 0 Å². The summed E-state index contributed by atoms with van der Waals surface area (Å²) in [5.74, 6) is -2.02. The van der Waals surface area contributed by atoms with Crippen molar-refractivity contribution in [2.45, 2.75) is 45.1 Å². The molecule has 33 heavy (non-hydrogen) atoms. The highest BCUT2D eigenvalue weighted by molar-refractivity contribution is 5.32. The zero-order valence-electron chi connectivity index (χ0n) is 17.8. The molecule has 0 bridgehead atoms. The molecule has 0 N–H and O–H groups in total. The van der Waals surface area contributed by atoms with Crippen LogP contribution in [0, 0.1) is 5.82 Å². The van der Waals surface area contributed by atoms with Gasteiger partial charge in [-0.3, -0.25) is 0 Å². The highest BCUT2D eigenvalue weighted by Gasteiger charge is 2.34. The summed E-state index contributed by atoms with van der Waals surface area (Å²) in [6.45, 7) is 2.01. The molecule has 3 aromatic rings. The summed E-state index contributed by atoms with van der Waals surface area (Å²) in [6.07, 6.45) is -5.97. The van der Waals surface area contributed by atoms with Crippen molar-refractivity contribution in [2.75, 3.05) is 0 Å². The summed E-state index contributed by atoms with van der Waals surface area (Å²) in [7, 11) is 0. The van der Waals surface area contributed by atoms with E-state index in [9.17, 15) is 26.3 Å². The average Bonchev–Trinajstić information content (AvgIpc) is 2.74.